The molecule has 3 aromatic heterocycles. The molecule has 0 radical (unpaired) electrons. The average Bonchev–Trinajstić information content (AvgIpc) is 3.15. The van der Waals surface area contributed by atoms with Gasteiger partial charge in [-0.1, -0.05) is 9.61 Å². The van der Waals surface area contributed by atoms with Gasteiger partial charge in [0.05, 0.1) is 12.2 Å². The predicted molar refractivity (Wildman–Crippen MR) is 108 cm³/mol. The fourth-order valence-electron chi connectivity index (χ4n) is 3.66. The van der Waals surface area contributed by atoms with Crippen molar-refractivity contribution in [1.82, 2.24) is 19.3 Å². The van der Waals surface area contributed by atoms with Gasteiger partial charge in [-0.3, -0.25) is 0 Å². The van der Waals surface area contributed by atoms with E-state index < -0.39 is 34.7 Å². The maximum atomic E-state index is 14.4. The zero-order valence-corrected chi connectivity index (χ0v) is 17.8. The van der Waals surface area contributed by atoms with Gasteiger partial charge in [-0.2, -0.15) is 0 Å². The highest BCUT2D eigenvalue weighted by Gasteiger charge is 2.44. The summed E-state index contributed by atoms with van der Waals surface area (Å²) < 4.78 is 81.0. The second-order valence-corrected chi connectivity index (χ2v) is 9.54. The van der Waals surface area contributed by atoms with Gasteiger partial charge in [-0.15, -0.1) is 0 Å². The van der Waals surface area contributed by atoms with Gasteiger partial charge in [-0.05, 0) is 18.2 Å². The molecule has 0 bridgehead atoms. The lowest BCUT2D eigenvalue weighted by molar-refractivity contribution is -0.343. The number of H-pyrrole nitrogens is 1. The molecule has 172 valence electrons. The SMILES string of the molecule is CS(=O)(=O)NCC1CN(c2cc(-c3c[nH+]c4ccc(C(F)F)nn34)ccn2)CCC1(F)F. The van der Waals surface area contributed by atoms with Gasteiger partial charge in [0.1, 0.15) is 12.0 Å². The molecule has 2 N–H and O–H groups in total. The summed E-state index contributed by atoms with van der Waals surface area (Å²) >= 11 is 0. The molecular formula is C19H21F4N6O2S+. The van der Waals surface area contributed by atoms with Crippen LogP contribution in [0.1, 0.15) is 18.5 Å². The monoisotopic (exact) mass is 473 g/mol. The van der Waals surface area contributed by atoms with Gasteiger partial charge in [0.15, 0.2) is 5.69 Å². The Hall–Kier alpha value is -2.80. The molecule has 1 aliphatic rings. The molecule has 0 aromatic carbocycles. The van der Waals surface area contributed by atoms with E-state index in [2.05, 4.69) is 19.8 Å². The van der Waals surface area contributed by atoms with Gasteiger partial charge < -0.3 is 4.90 Å². The van der Waals surface area contributed by atoms with Crippen molar-refractivity contribution < 1.29 is 31.0 Å². The maximum absolute atomic E-state index is 14.4. The van der Waals surface area contributed by atoms with Gasteiger partial charge in [0.2, 0.25) is 15.7 Å². The lowest BCUT2D eigenvalue weighted by atomic mass is 9.93. The number of rotatable bonds is 6. The zero-order chi connectivity index (χ0) is 23.1. The van der Waals surface area contributed by atoms with Crippen molar-refractivity contribution in [1.29, 1.82) is 0 Å². The zero-order valence-electron chi connectivity index (χ0n) is 17.0. The fourth-order valence-corrected chi connectivity index (χ4v) is 4.16. The largest absolute Gasteiger partial charge is 0.356 e. The number of piperidine rings is 1. The minimum absolute atomic E-state index is 0.0354. The Morgan fingerprint density at radius 2 is 2.09 bits per heavy atom. The van der Waals surface area contributed by atoms with E-state index in [-0.39, 0.29) is 25.3 Å². The molecule has 0 saturated carbocycles. The molecular weight excluding hydrogens is 452 g/mol. The van der Waals surface area contributed by atoms with Crippen LogP contribution < -0.4 is 14.6 Å². The summed E-state index contributed by atoms with van der Waals surface area (Å²) in [6.45, 7) is -0.449. The Labute approximate surface area is 181 Å². The molecule has 1 saturated heterocycles. The Bertz CT molecular complexity index is 1230. The number of hydrogen-bond acceptors (Lipinski definition) is 5. The summed E-state index contributed by atoms with van der Waals surface area (Å²) in [5.41, 5.74) is 1.24. The first-order chi connectivity index (χ1) is 15.0. The van der Waals surface area contributed by atoms with E-state index in [4.69, 9.17) is 0 Å². The van der Waals surface area contributed by atoms with Gasteiger partial charge in [0.25, 0.3) is 12.3 Å². The number of nitrogens with one attached hydrogen (secondary N) is 2. The molecule has 0 spiro atoms. The van der Waals surface area contributed by atoms with Crippen LogP contribution in [0.3, 0.4) is 0 Å². The van der Waals surface area contributed by atoms with Crippen LogP contribution in [-0.2, 0) is 10.0 Å². The smallest absolute Gasteiger partial charge is 0.305 e. The summed E-state index contributed by atoms with van der Waals surface area (Å²) in [5, 5.41) is 3.97. The van der Waals surface area contributed by atoms with Crippen LogP contribution in [0.5, 0.6) is 0 Å². The summed E-state index contributed by atoms with van der Waals surface area (Å²) in [5.74, 6) is -3.83. The second-order valence-electron chi connectivity index (χ2n) is 7.71. The van der Waals surface area contributed by atoms with E-state index in [1.807, 2.05) is 0 Å². The standard InChI is InChI=1S/C19H20F4N6O2S/c1-32(30,31)26-9-13-11-28(7-5-19(13,22)23)17-8-12(4-6-24-17)15-10-25-16-3-2-14(18(20)21)27-29(15)16/h2-4,6,8,10,13,18,26H,5,7,9,11H2,1H3/p+1. The normalized spacial score (nSPS) is 19.1. The highest BCUT2D eigenvalue weighted by atomic mass is 32.2. The van der Waals surface area contributed by atoms with Crippen LogP contribution in [0.4, 0.5) is 23.4 Å². The van der Waals surface area contributed by atoms with Gasteiger partial charge in [-0.25, -0.2) is 40.7 Å². The van der Waals surface area contributed by atoms with Crippen molar-refractivity contribution in [2.24, 2.45) is 5.92 Å². The van der Waals surface area contributed by atoms with Crippen molar-refractivity contribution in [3.05, 3.63) is 42.4 Å². The highest BCUT2D eigenvalue weighted by Crippen LogP contribution is 2.35. The van der Waals surface area contributed by atoms with Crippen LogP contribution in [0.15, 0.2) is 36.7 Å². The third kappa shape index (κ3) is 4.67. The molecule has 0 amide bonds. The molecule has 32 heavy (non-hydrogen) atoms. The number of aromatic amines is 1. The summed E-state index contributed by atoms with van der Waals surface area (Å²) in [6.07, 6.45) is 0.853. The molecule has 1 atom stereocenters. The Morgan fingerprint density at radius 1 is 1.31 bits per heavy atom. The van der Waals surface area contributed by atoms with Crippen molar-refractivity contribution in [2.75, 3.05) is 30.8 Å². The number of anilines is 1. The van der Waals surface area contributed by atoms with Gasteiger partial charge >= 0.3 is 5.65 Å². The first-order valence-corrected chi connectivity index (χ1v) is 11.6. The molecule has 1 unspecified atom stereocenters. The number of halogens is 4. The van der Waals surface area contributed by atoms with E-state index in [0.717, 1.165) is 6.26 Å². The first kappa shape index (κ1) is 22.4. The molecule has 4 rings (SSSR count). The fraction of sp³-hybridized carbons (Fsp3) is 0.421. The topological polar surface area (TPSA) is 93.7 Å². The van der Waals surface area contributed by atoms with Crippen molar-refractivity contribution in [3.63, 3.8) is 0 Å². The van der Waals surface area contributed by atoms with Crippen molar-refractivity contribution >= 4 is 21.5 Å². The predicted octanol–water partition coefficient (Wildman–Crippen LogP) is 2.16. The Balaban J connectivity index is 1.62. The van der Waals surface area contributed by atoms with E-state index in [1.165, 1.54) is 22.8 Å². The van der Waals surface area contributed by atoms with E-state index in [1.54, 1.807) is 23.2 Å². The molecule has 8 nitrogen and oxygen atoms in total. The summed E-state index contributed by atoms with van der Waals surface area (Å²) in [7, 11) is -3.61. The quantitative estimate of drug-likeness (QED) is 0.554. The molecule has 13 heteroatoms. The van der Waals surface area contributed by atoms with Crippen LogP contribution in [-0.4, -0.2) is 54.8 Å². The van der Waals surface area contributed by atoms with Crippen LogP contribution in [0, 0.1) is 5.92 Å². The van der Waals surface area contributed by atoms with E-state index in [9.17, 15) is 26.0 Å². The molecule has 3 aromatic rings. The van der Waals surface area contributed by atoms with Crippen molar-refractivity contribution in [2.45, 2.75) is 18.8 Å². The Morgan fingerprint density at radius 3 is 2.81 bits per heavy atom. The number of alkyl halides is 4. The molecule has 1 fully saturated rings. The number of aromatic nitrogens is 4. The lowest BCUT2D eigenvalue weighted by Gasteiger charge is -2.39. The molecule has 4 heterocycles. The van der Waals surface area contributed by atoms with E-state index in [0.29, 0.717) is 22.7 Å². The number of pyridine rings is 1. The van der Waals surface area contributed by atoms with Gasteiger partial charge in [0, 0.05) is 43.9 Å². The van der Waals surface area contributed by atoms with E-state index >= 15 is 0 Å². The summed E-state index contributed by atoms with van der Waals surface area (Å²) in [6, 6.07) is 6.05. The number of nitrogens with zero attached hydrogens (tertiary/aromatic N) is 4. The molecule has 1 aliphatic heterocycles. The number of imidazole rings is 1. The third-order valence-electron chi connectivity index (χ3n) is 5.37. The Kier molecular flexibility index (Phi) is 5.79. The summed E-state index contributed by atoms with van der Waals surface area (Å²) in [4.78, 5) is 8.89. The van der Waals surface area contributed by atoms with Crippen molar-refractivity contribution in [3.8, 4) is 11.3 Å². The number of fused-ring (bicyclic) bond motifs is 1. The second kappa shape index (κ2) is 8.28. The lowest BCUT2D eigenvalue weighted by Crippen LogP contribution is -2.51. The van der Waals surface area contributed by atoms with Crippen LogP contribution in [0.2, 0.25) is 0 Å². The maximum Gasteiger partial charge on any atom is 0.305 e. The minimum Gasteiger partial charge on any atom is -0.356 e. The third-order valence-corrected chi connectivity index (χ3v) is 6.07. The number of sulfonamides is 1. The highest BCUT2D eigenvalue weighted by molar-refractivity contribution is 7.88. The minimum atomic E-state index is -3.61. The first-order valence-electron chi connectivity index (χ1n) is 9.76. The van der Waals surface area contributed by atoms with Crippen LogP contribution in [0.25, 0.3) is 16.9 Å². The average molecular weight is 473 g/mol. The molecule has 0 aliphatic carbocycles. The number of hydrogen-bond donors (Lipinski definition) is 1. The van der Waals surface area contributed by atoms with Crippen LogP contribution >= 0.6 is 0 Å².